The maximum atomic E-state index is 11.3. The fourth-order valence-electron chi connectivity index (χ4n) is 0.448. The van der Waals surface area contributed by atoms with Crippen LogP contribution in [-0.2, 0) is 0 Å². The maximum absolute atomic E-state index is 11.3. The topological polar surface area (TPSA) is 47.8 Å². The first-order valence-corrected chi connectivity index (χ1v) is 4.42. The third-order valence-electron chi connectivity index (χ3n) is 1.27. The number of hydrogen-bond donors (Lipinski definition) is 0. The molecule has 0 aliphatic heterocycles. The third-order valence-corrected chi connectivity index (χ3v) is 1.27. The normalized spacial score (nSPS) is 14.3. The molecule has 0 saturated carbocycles. The largest absolute Gasteiger partial charge is 1.00 e. The molecule has 0 N–H and O–H groups in total. The molecule has 4 heteroatoms. The Labute approximate surface area is 129 Å². The molecule has 0 heterocycles. The summed E-state index contributed by atoms with van der Waals surface area (Å²) < 4.78 is 0. The zero-order valence-electron chi connectivity index (χ0n) is 10.4. The minimum Gasteiger partial charge on any atom is -0.874 e. The van der Waals surface area contributed by atoms with Crippen molar-refractivity contribution in [3.63, 3.8) is 0 Å². The minimum atomic E-state index is -0.364. The van der Waals surface area contributed by atoms with Crippen molar-refractivity contribution in [2.45, 2.75) is 47.1 Å². The van der Waals surface area contributed by atoms with E-state index in [0.717, 1.165) is 0 Å². The summed E-state index contributed by atoms with van der Waals surface area (Å²) in [5.41, 5.74) is -0.578. The predicted molar refractivity (Wildman–Crippen MR) is 52.1 cm³/mol. The summed E-state index contributed by atoms with van der Waals surface area (Å²) in [6.45, 7) is 11.4. The molecule has 0 aliphatic carbocycles. The molecule has 0 aliphatic rings. The van der Waals surface area contributed by atoms with Crippen LogP contribution in [-0.4, -0.2) is 5.54 Å². The van der Waals surface area contributed by atoms with Gasteiger partial charge in [0.25, 0.3) is 0 Å². The van der Waals surface area contributed by atoms with E-state index >= 15 is 0 Å². The van der Waals surface area contributed by atoms with Crippen LogP contribution in [0.4, 0.5) is 0 Å². The summed E-state index contributed by atoms with van der Waals surface area (Å²) in [4.78, 5) is 0. The quantitative estimate of drug-likeness (QED) is 0.335. The Morgan fingerprint density at radius 1 is 1.07 bits per heavy atom. The van der Waals surface area contributed by atoms with Gasteiger partial charge in [0.2, 0.25) is 0 Å². The van der Waals surface area contributed by atoms with Gasteiger partial charge < -0.3 is 5.11 Å². The van der Waals surface area contributed by atoms with E-state index in [1.165, 1.54) is 6.20 Å². The molecule has 0 atom stereocenters. The molecule has 0 amide bonds. The van der Waals surface area contributed by atoms with Crippen LogP contribution in [0.25, 0.3) is 0 Å². The van der Waals surface area contributed by atoms with Gasteiger partial charge in [-0.1, -0.05) is 20.8 Å². The molecule has 0 unspecified atom stereocenters. The molecule has 0 bridgehead atoms. The van der Waals surface area contributed by atoms with E-state index in [-0.39, 0.29) is 68.1 Å². The molecule has 0 aromatic carbocycles. The van der Waals surface area contributed by atoms with Crippen LogP contribution < -0.4 is 56.5 Å². The van der Waals surface area contributed by atoms with Gasteiger partial charge in [0, 0.05) is 6.20 Å². The molecule has 14 heavy (non-hydrogen) atoms. The summed E-state index contributed by atoms with van der Waals surface area (Å²) in [6.07, 6.45) is 1.30. The Balaban J connectivity index is 0. The van der Waals surface area contributed by atoms with E-state index in [0.29, 0.717) is 0 Å². The van der Waals surface area contributed by atoms with Crippen molar-refractivity contribution in [2.24, 2.45) is 15.6 Å². The molecular formula is C10H19KN2O. The number of allylic oxidation sites excluding steroid dienone is 1. The average Bonchev–Trinajstić information content (AvgIpc) is 1.82. The van der Waals surface area contributed by atoms with Gasteiger partial charge in [0.15, 0.2) is 0 Å². The molecule has 0 saturated heterocycles. The Morgan fingerprint density at radius 3 is 1.79 bits per heavy atom. The van der Waals surface area contributed by atoms with Crippen molar-refractivity contribution in [3.8, 4) is 0 Å². The van der Waals surface area contributed by atoms with Gasteiger partial charge >= 0.3 is 51.4 Å². The van der Waals surface area contributed by atoms with Crippen LogP contribution in [0.1, 0.15) is 41.5 Å². The van der Waals surface area contributed by atoms with Crippen LogP contribution in [0, 0.1) is 5.41 Å². The van der Waals surface area contributed by atoms with Gasteiger partial charge in [0.1, 0.15) is 0 Å². The van der Waals surface area contributed by atoms with E-state index in [1.54, 1.807) is 0 Å². The Kier molecular flexibility index (Phi) is 7.83. The van der Waals surface area contributed by atoms with Crippen LogP contribution in [0.2, 0.25) is 0 Å². The van der Waals surface area contributed by atoms with Crippen molar-refractivity contribution in [3.05, 3.63) is 12.0 Å². The average molecular weight is 222 g/mol. The first-order valence-electron chi connectivity index (χ1n) is 4.42. The van der Waals surface area contributed by atoms with Gasteiger partial charge in [-0.15, -0.1) is 5.76 Å². The summed E-state index contributed by atoms with van der Waals surface area (Å²) in [7, 11) is 0. The summed E-state index contributed by atoms with van der Waals surface area (Å²) in [5, 5.41) is 19.1. The molecule has 76 valence electrons. The molecule has 0 aromatic rings. The van der Waals surface area contributed by atoms with Gasteiger partial charge in [-0.3, -0.25) is 0 Å². The molecule has 0 fully saturated rings. The number of nitrogens with zero attached hydrogens (tertiary/aromatic N) is 2. The standard InChI is InChI=1S/C10H20N2O.K/c1-9(2,3)8(13)7-11-12-10(4,5)6;/h7,13H,1-6H3;/q;+1/p-1. The SMILES string of the molecule is CC(C)(C)N=NC=C([O-])C(C)(C)C.[K+]. The van der Waals surface area contributed by atoms with Gasteiger partial charge in [0.05, 0.1) is 5.54 Å². The smallest absolute Gasteiger partial charge is 0.874 e. The Bertz CT molecular complexity index is 221. The fourth-order valence-corrected chi connectivity index (χ4v) is 0.448. The second-order valence-corrected chi connectivity index (χ2v) is 5.13. The summed E-state index contributed by atoms with van der Waals surface area (Å²) in [5.74, 6) is 0.000463. The van der Waals surface area contributed by atoms with Crippen molar-refractivity contribution in [1.82, 2.24) is 0 Å². The van der Waals surface area contributed by atoms with E-state index in [1.807, 2.05) is 41.5 Å². The maximum Gasteiger partial charge on any atom is 1.00 e. The van der Waals surface area contributed by atoms with E-state index < -0.39 is 0 Å². The first-order chi connectivity index (χ1) is 5.63. The summed E-state index contributed by atoms with van der Waals surface area (Å²) in [6, 6.07) is 0. The number of azo groups is 1. The Morgan fingerprint density at radius 2 is 1.50 bits per heavy atom. The van der Waals surface area contributed by atoms with Crippen molar-refractivity contribution < 1.29 is 56.5 Å². The third kappa shape index (κ3) is 9.34. The van der Waals surface area contributed by atoms with Crippen molar-refractivity contribution in [2.75, 3.05) is 0 Å². The predicted octanol–water partition coefficient (Wildman–Crippen LogP) is -0.511. The second-order valence-electron chi connectivity index (χ2n) is 5.13. The molecule has 0 rings (SSSR count). The Hall–Kier alpha value is 0.776. The van der Waals surface area contributed by atoms with Crippen LogP contribution in [0.15, 0.2) is 22.2 Å². The zero-order valence-corrected chi connectivity index (χ0v) is 13.5. The van der Waals surface area contributed by atoms with Crippen LogP contribution in [0.5, 0.6) is 0 Å². The number of rotatable bonds is 1. The first kappa shape index (κ1) is 17.2. The molecular weight excluding hydrogens is 203 g/mol. The zero-order chi connectivity index (χ0) is 10.7. The molecule has 0 radical (unpaired) electrons. The van der Waals surface area contributed by atoms with E-state index in [2.05, 4.69) is 10.2 Å². The molecule has 3 nitrogen and oxygen atoms in total. The van der Waals surface area contributed by atoms with Crippen molar-refractivity contribution in [1.29, 1.82) is 0 Å². The monoisotopic (exact) mass is 222 g/mol. The molecule has 0 spiro atoms. The van der Waals surface area contributed by atoms with E-state index in [9.17, 15) is 5.11 Å². The number of hydrogen-bond acceptors (Lipinski definition) is 3. The van der Waals surface area contributed by atoms with Gasteiger partial charge in [-0.25, -0.2) is 0 Å². The van der Waals surface area contributed by atoms with Crippen LogP contribution >= 0.6 is 0 Å². The fraction of sp³-hybridized carbons (Fsp3) is 0.800. The van der Waals surface area contributed by atoms with Crippen molar-refractivity contribution >= 4 is 0 Å². The molecule has 0 aromatic heterocycles. The van der Waals surface area contributed by atoms with Crippen LogP contribution in [0.3, 0.4) is 0 Å². The summed E-state index contributed by atoms with van der Waals surface area (Å²) >= 11 is 0. The second kappa shape index (κ2) is 6.38. The van der Waals surface area contributed by atoms with Gasteiger partial charge in [-0.2, -0.15) is 10.2 Å². The van der Waals surface area contributed by atoms with E-state index in [4.69, 9.17) is 0 Å². The van der Waals surface area contributed by atoms with Gasteiger partial charge in [-0.05, 0) is 26.2 Å². The minimum absolute atomic E-state index is 0.